The molecule has 0 unspecified atom stereocenters. The van der Waals surface area contributed by atoms with Gasteiger partial charge in [-0.2, -0.15) is 4.72 Å². The van der Waals surface area contributed by atoms with Crippen LogP contribution in [0.5, 0.6) is 0 Å². The zero-order valence-corrected chi connectivity index (χ0v) is 12.0. The van der Waals surface area contributed by atoms with Crippen molar-refractivity contribution in [3.63, 3.8) is 0 Å². The number of carbonyl (C=O) groups excluding carboxylic acids is 1. The zero-order valence-electron chi connectivity index (χ0n) is 8.79. The molecule has 1 heterocycles. The van der Waals surface area contributed by atoms with Crippen molar-refractivity contribution in [3.8, 4) is 0 Å². The minimum absolute atomic E-state index is 0.0508. The normalized spacial score (nSPS) is 13.2. The van der Waals surface area contributed by atoms with E-state index in [2.05, 4.69) is 15.9 Å². The maximum absolute atomic E-state index is 11.8. The van der Waals surface area contributed by atoms with Crippen LogP contribution in [-0.2, 0) is 19.6 Å². The summed E-state index contributed by atoms with van der Waals surface area (Å²) in [7, 11) is -3.98. The molecule has 0 fully saturated rings. The molecule has 0 aliphatic carbocycles. The predicted molar refractivity (Wildman–Crippen MR) is 67.6 cm³/mol. The summed E-state index contributed by atoms with van der Waals surface area (Å²) in [5.74, 6) is -2.37. The van der Waals surface area contributed by atoms with Crippen LogP contribution in [-0.4, -0.2) is 31.4 Å². The second-order valence-corrected chi connectivity index (χ2v) is 7.64. The van der Waals surface area contributed by atoms with Gasteiger partial charge in [-0.3, -0.25) is 9.59 Å². The van der Waals surface area contributed by atoms with E-state index >= 15 is 0 Å². The van der Waals surface area contributed by atoms with Crippen molar-refractivity contribution < 1.29 is 23.1 Å². The molecule has 4 N–H and O–H groups in total. The molecule has 0 radical (unpaired) electrons. The third-order valence-electron chi connectivity index (χ3n) is 1.81. The van der Waals surface area contributed by atoms with Crippen LogP contribution >= 0.6 is 27.3 Å². The topological polar surface area (TPSA) is 127 Å². The number of carboxylic acids is 1. The second-order valence-electron chi connectivity index (χ2n) is 3.24. The molecule has 1 aromatic heterocycles. The van der Waals surface area contributed by atoms with Gasteiger partial charge in [-0.25, -0.2) is 8.42 Å². The van der Waals surface area contributed by atoms with Gasteiger partial charge in [0.25, 0.3) is 10.0 Å². The number of aliphatic carboxylic acids is 1. The Bertz CT molecular complexity index is 568. The molecule has 1 aromatic rings. The Morgan fingerprint density at radius 1 is 1.50 bits per heavy atom. The molecule has 0 bridgehead atoms. The number of amides is 1. The Morgan fingerprint density at radius 3 is 2.50 bits per heavy atom. The number of thiophene rings is 1. The van der Waals surface area contributed by atoms with E-state index in [4.69, 9.17) is 10.8 Å². The lowest BCUT2D eigenvalue weighted by atomic mass is 10.2. The number of nitrogens with one attached hydrogen (secondary N) is 1. The molecular formula is C8H9BrN2O5S2. The maximum atomic E-state index is 11.8. The van der Waals surface area contributed by atoms with E-state index in [9.17, 15) is 18.0 Å². The number of carboxylic acid groups (broad SMARTS) is 1. The highest BCUT2D eigenvalue weighted by Crippen LogP contribution is 2.26. The summed E-state index contributed by atoms with van der Waals surface area (Å²) in [4.78, 5) is 21.5. The summed E-state index contributed by atoms with van der Waals surface area (Å²) >= 11 is 4.02. The van der Waals surface area contributed by atoms with Crippen molar-refractivity contribution in [2.24, 2.45) is 5.73 Å². The van der Waals surface area contributed by atoms with Crippen molar-refractivity contribution in [2.75, 3.05) is 0 Å². The Hall–Kier alpha value is -0.970. The molecule has 1 amide bonds. The Labute approximate surface area is 115 Å². The number of hydrogen-bond donors (Lipinski definition) is 3. The maximum Gasteiger partial charge on any atom is 0.322 e. The quantitative estimate of drug-likeness (QED) is 0.666. The number of carbonyl (C=O) groups is 2. The first-order valence-corrected chi connectivity index (χ1v) is 7.60. The second kappa shape index (κ2) is 5.78. The van der Waals surface area contributed by atoms with E-state index in [1.54, 1.807) is 0 Å². The number of rotatable bonds is 6. The van der Waals surface area contributed by atoms with Crippen LogP contribution in [0.15, 0.2) is 20.1 Å². The van der Waals surface area contributed by atoms with Gasteiger partial charge in [0.05, 0.1) is 10.2 Å². The van der Waals surface area contributed by atoms with Gasteiger partial charge in [0.15, 0.2) is 0 Å². The van der Waals surface area contributed by atoms with Crippen LogP contribution in [0.3, 0.4) is 0 Å². The smallest absolute Gasteiger partial charge is 0.322 e. The van der Waals surface area contributed by atoms with E-state index in [1.807, 2.05) is 4.72 Å². The lowest BCUT2D eigenvalue weighted by Gasteiger charge is -2.11. The average Bonchev–Trinajstić information content (AvgIpc) is 2.63. The number of sulfonamides is 1. The van der Waals surface area contributed by atoms with Crippen LogP contribution < -0.4 is 10.5 Å². The summed E-state index contributed by atoms with van der Waals surface area (Å²) in [6, 6.07) is 1.26. The molecule has 0 saturated heterocycles. The van der Waals surface area contributed by atoms with E-state index in [-0.39, 0.29) is 4.21 Å². The Balaban J connectivity index is 2.93. The third-order valence-corrected chi connectivity index (χ3v) is 5.40. The van der Waals surface area contributed by atoms with Gasteiger partial charge in [0.2, 0.25) is 5.91 Å². The summed E-state index contributed by atoms with van der Waals surface area (Å²) in [5.41, 5.74) is 4.85. The van der Waals surface area contributed by atoms with Crippen LogP contribution in [0.4, 0.5) is 0 Å². The predicted octanol–water partition coefficient (Wildman–Crippen LogP) is 0.117. The highest BCUT2D eigenvalue weighted by atomic mass is 79.9. The van der Waals surface area contributed by atoms with Gasteiger partial charge in [0.1, 0.15) is 10.3 Å². The summed E-state index contributed by atoms with van der Waals surface area (Å²) in [6.07, 6.45) is -0.610. The molecule has 100 valence electrons. The van der Waals surface area contributed by atoms with E-state index < -0.39 is 34.4 Å². The molecule has 10 heteroatoms. The van der Waals surface area contributed by atoms with Crippen molar-refractivity contribution in [2.45, 2.75) is 16.7 Å². The number of hydrogen-bond acceptors (Lipinski definition) is 5. The van der Waals surface area contributed by atoms with Crippen molar-refractivity contribution in [3.05, 3.63) is 15.9 Å². The number of primary amides is 1. The number of nitrogens with two attached hydrogens (primary N) is 1. The fourth-order valence-electron chi connectivity index (χ4n) is 1.07. The molecule has 1 atom stereocenters. The average molecular weight is 357 g/mol. The molecule has 0 spiro atoms. The molecule has 0 saturated carbocycles. The fourth-order valence-corrected chi connectivity index (χ4v) is 4.28. The molecule has 1 rings (SSSR count). The van der Waals surface area contributed by atoms with E-state index in [0.717, 1.165) is 11.3 Å². The number of halogens is 1. The molecule has 7 nitrogen and oxygen atoms in total. The molecule has 18 heavy (non-hydrogen) atoms. The standard InChI is InChI=1S/C8H9BrN2O5S2/c9-5-1-2-7(17-5)18(15,16)11-4(8(13)14)3-6(10)12/h1-2,4,11H,3H2,(H2,10,12)(H,13,14)/t4-/m1/s1. The van der Waals surface area contributed by atoms with Gasteiger partial charge in [-0.15, -0.1) is 11.3 Å². The van der Waals surface area contributed by atoms with Crippen LogP contribution in [0.2, 0.25) is 0 Å². The highest BCUT2D eigenvalue weighted by Gasteiger charge is 2.27. The monoisotopic (exact) mass is 356 g/mol. The first-order valence-electron chi connectivity index (χ1n) is 4.51. The molecule has 0 aliphatic rings. The highest BCUT2D eigenvalue weighted by molar-refractivity contribution is 9.11. The lowest BCUT2D eigenvalue weighted by Crippen LogP contribution is -2.43. The largest absolute Gasteiger partial charge is 0.480 e. The molecule has 0 aliphatic heterocycles. The van der Waals surface area contributed by atoms with Gasteiger partial charge in [0, 0.05) is 0 Å². The van der Waals surface area contributed by atoms with Gasteiger partial charge >= 0.3 is 5.97 Å². The summed E-state index contributed by atoms with van der Waals surface area (Å²) in [5, 5.41) is 8.80. The van der Waals surface area contributed by atoms with Gasteiger partial charge < -0.3 is 10.8 Å². The Kier molecular flexibility index (Phi) is 4.85. The summed E-state index contributed by atoms with van der Waals surface area (Å²) in [6.45, 7) is 0. The van der Waals surface area contributed by atoms with Gasteiger partial charge in [-0.05, 0) is 28.1 Å². The first-order chi connectivity index (χ1) is 8.22. The van der Waals surface area contributed by atoms with Crippen molar-refractivity contribution in [1.82, 2.24) is 4.72 Å². The lowest BCUT2D eigenvalue weighted by molar-refractivity contribution is -0.140. The van der Waals surface area contributed by atoms with Crippen molar-refractivity contribution >= 4 is 49.2 Å². The third kappa shape index (κ3) is 4.05. The van der Waals surface area contributed by atoms with Crippen LogP contribution in [0.1, 0.15) is 6.42 Å². The van der Waals surface area contributed by atoms with Crippen LogP contribution in [0, 0.1) is 0 Å². The molecular weight excluding hydrogens is 348 g/mol. The van der Waals surface area contributed by atoms with E-state index in [0.29, 0.717) is 3.79 Å². The SMILES string of the molecule is NC(=O)C[C@@H](NS(=O)(=O)c1ccc(Br)s1)C(=O)O. The molecule has 0 aromatic carbocycles. The fraction of sp³-hybridized carbons (Fsp3) is 0.250. The first kappa shape index (κ1) is 15.1. The van der Waals surface area contributed by atoms with Crippen LogP contribution in [0.25, 0.3) is 0 Å². The van der Waals surface area contributed by atoms with E-state index in [1.165, 1.54) is 12.1 Å². The van der Waals surface area contributed by atoms with Crippen molar-refractivity contribution in [1.29, 1.82) is 0 Å². The minimum Gasteiger partial charge on any atom is -0.480 e. The Morgan fingerprint density at radius 2 is 2.11 bits per heavy atom. The summed E-state index contributed by atoms with van der Waals surface area (Å²) < 4.78 is 26.1. The van der Waals surface area contributed by atoms with Gasteiger partial charge in [-0.1, -0.05) is 0 Å². The zero-order chi connectivity index (χ0) is 13.9. The minimum atomic E-state index is -3.98.